The van der Waals surface area contributed by atoms with E-state index >= 15 is 0 Å². The minimum atomic E-state index is -0.0891. The number of anilines is 1. The molecule has 1 saturated heterocycles. The number of amides is 2. The molecule has 0 atom stereocenters. The number of nitrogens with one attached hydrogen (secondary N) is 1. The van der Waals surface area contributed by atoms with Crippen LogP contribution in [0, 0.1) is 0 Å². The fourth-order valence-electron chi connectivity index (χ4n) is 2.86. The van der Waals surface area contributed by atoms with Gasteiger partial charge in [-0.25, -0.2) is 9.78 Å². The maximum atomic E-state index is 12.6. The summed E-state index contributed by atoms with van der Waals surface area (Å²) in [7, 11) is 0. The number of carbonyl (C=O) groups is 1. The Bertz CT molecular complexity index is 733. The summed E-state index contributed by atoms with van der Waals surface area (Å²) in [6.07, 6.45) is 1.79. The van der Waals surface area contributed by atoms with Crippen LogP contribution in [0.1, 0.15) is 17.4 Å². The monoisotopic (exact) mass is 394 g/mol. The zero-order valence-electron chi connectivity index (χ0n) is 14.8. The highest BCUT2D eigenvalue weighted by atomic mass is 35.5. The lowest BCUT2D eigenvalue weighted by molar-refractivity contribution is 0.122. The van der Waals surface area contributed by atoms with E-state index in [1.807, 2.05) is 31.2 Å². The van der Waals surface area contributed by atoms with E-state index in [9.17, 15) is 4.79 Å². The van der Waals surface area contributed by atoms with Crippen molar-refractivity contribution in [2.45, 2.75) is 20.0 Å². The molecule has 0 radical (unpaired) electrons. The van der Waals surface area contributed by atoms with E-state index in [-0.39, 0.29) is 6.03 Å². The molecule has 140 valence electrons. The van der Waals surface area contributed by atoms with Gasteiger partial charge in [0.05, 0.1) is 24.1 Å². The van der Waals surface area contributed by atoms with Crippen molar-refractivity contribution in [3.8, 4) is 0 Å². The molecule has 0 spiro atoms. The number of hydrogen-bond donors (Lipinski definition) is 1. The predicted molar refractivity (Wildman–Crippen MR) is 105 cm³/mol. The number of pyridine rings is 1. The summed E-state index contributed by atoms with van der Waals surface area (Å²) in [6, 6.07) is 7.64. The van der Waals surface area contributed by atoms with Crippen molar-refractivity contribution in [1.29, 1.82) is 0 Å². The molecular formula is C18H23ClN4O2S. The molecule has 2 aromatic heterocycles. The van der Waals surface area contributed by atoms with Gasteiger partial charge in [0.15, 0.2) is 0 Å². The first-order valence-electron chi connectivity index (χ1n) is 8.71. The van der Waals surface area contributed by atoms with Crippen LogP contribution < -0.4 is 10.2 Å². The van der Waals surface area contributed by atoms with E-state index in [0.717, 1.165) is 33.7 Å². The number of hydrogen-bond acceptors (Lipinski definition) is 5. The van der Waals surface area contributed by atoms with Crippen LogP contribution in [0.5, 0.6) is 0 Å². The number of urea groups is 1. The van der Waals surface area contributed by atoms with E-state index in [2.05, 4.69) is 15.2 Å². The number of rotatable bonds is 6. The van der Waals surface area contributed by atoms with Crippen molar-refractivity contribution in [3.63, 3.8) is 0 Å². The Morgan fingerprint density at radius 1 is 1.38 bits per heavy atom. The SMILES string of the molecule is CCN(Cc1ccc(Cl)s1)C(=O)NCc1cccnc1N1CCOCC1. The third-order valence-corrected chi connectivity index (χ3v) is 5.47. The molecule has 3 heterocycles. The molecule has 2 amide bonds. The molecule has 1 fully saturated rings. The predicted octanol–water partition coefficient (Wildman–Crippen LogP) is 3.36. The molecule has 0 aliphatic carbocycles. The molecule has 1 aliphatic heterocycles. The maximum absolute atomic E-state index is 12.6. The molecule has 6 nitrogen and oxygen atoms in total. The molecule has 2 aromatic rings. The van der Waals surface area contributed by atoms with Crippen LogP contribution in [-0.4, -0.2) is 48.8 Å². The van der Waals surface area contributed by atoms with Gasteiger partial charge in [0.25, 0.3) is 0 Å². The van der Waals surface area contributed by atoms with Gasteiger partial charge < -0.3 is 19.9 Å². The van der Waals surface area contributed by atoms with Crippen LogP contribution in [-0.2, 0) is 17.8 Å². The van der Waals surface area contributed by atoms with Crippen molar-refractivity contribution in [2.24, 2.45) is 0 Å². The molecule has 0 bridgehead atoms. The Morgan fingerprint density at radius 2 is 2.19 bits per heavy atom. The van der Waals surface area contributed by atoms with Gasteiger partial charge in [-0.2, -0.15) is 0 Å². The summed E-state index contributed by atoms with van der Waals surface area (Å²) in [5.41, 5.74) is 1.01. The van der Waals surface area contributed by atoms with Gasteiger partial charge in [-0.05, 0) is 25.1 Å². The highest BCUT2D eigenvalue weighted by Gasteiger charge is 2.17. The molecule has 0 saturated carbocycles. The third kappa shape index (κ3) is 4.87. The number of thiophene rings is 1. The molecule has 0 unspecified atom stereocenters. The van der Waals surface area contributed by atoms with Crippen molar-refractivity contribution < 1.29 is 9.53 Å². The Hall–Kier alpha value is -1.83. The number of aromatic nitrogens is 1. The molecule has 1 N–H and O–H groups in total. The zero-order chi connectivity index (χ0) is 18.4. The Labute approximate surface area is 162 Å². The van der Waals surface area contributed by atoms with Crippen LogP contribution in [0.15, 0.2) is 30.5 Å². The van der Waals surface area contributed by atoms with Crippen LogP contribution in [0.2, 0.25) is 4.34 Å². The molecule has 0 aromatic carbocycles. The molecular weight excluding hydrogens is 372 g/mol. The number of morpholine rings is 1. The fraction of sp³-hybridized carbons (Fsp3) is 0.444. The van der Waals surface area contributed by atoms with Crippen LogP contribution in [0.4, 0.5) is 10.6 Å². The minimum Gasteiger partial charge on any atom is -0.378 e. The second kappa shape index (κ2) is 9.21. The molecule has 3 rings (SSSR count). The van der Waals surface area contributed by atoms with Gasteiger partial charge in [0.1, 0.15) is 5.82 Å². The van der Waals surface area contributed by atoms with Gasteiger partial charge >= 0.3 is 6.03 Å². The number of nitrogens with zero attached hydrogens (tertiary/aromatic N) is 3. The second-order valence-corrected chi connectivity index (χ2v) is 7.76. The lowest BCUT2D eigenvalue weighted by Gasteiger charge is -2.29. The number of halogens is 1. The fourth-order valence-corrected chi connectivity index (χ4v) is 3.97. The highest BCUT2D eigenvalue weighted by molar-refractivity contribution is 7.16. The summed E-state index contributed by atoms with van der Waals surface area (Å²) < 4.78 is 6.15. The quantitative estimate of drug-likeness (QED) is 0.816. The van der Waals surface area contributed by atoms with Gasteiger partial charge in [-0.1, -0.05) is 17.7 Å². The zero-order valence-corrected chi connectivity index (χ0v) is 16.4. The maximum Gasteiger partial charge on any atom is 0.317 e. The lowest BCUT2D eigenvalue weighted by atomic mass is 10.2. The Balaban J connectivity index is 1.61. The van der Waals surface area contributed by atoms with Crippen LogP contribution in [0.25, 0.3) is 0 Å². The smallest absolute Gasteiger partial charge is 0.317 e. The van der Waals surface area contributed by atoms with E-state index < -0.39 is 0 Å². The van der Waals surface area contributed by atoms with Crippen molar-refractivity contribution in [1.82, 2.24) is 15.2 Å². The van der Waals surface area contributed by atoms with E-state index in [0.29, 0.717) is 32.8 Å². The second-order valence-electron chi connectivity index (χ2n) is 5.96. The number of ether oxygens (including phenoxy) is 1. The van der Waals surface area contributed by atoms with Crippen molar-refractivity contribution >= 4 is 34.8 Å². The summed E-state index contributed by atoms with van der Waals surface area (Å²) in [6.45, 7) is 6.65. The minimum absolute atomic E-state index is 0.0891. The van der Waals surface area contributed by atoms with Crippen LogP contribution >= 0.6 is 22.9 Å². The summed E-state index contributed by atoms with van der Waals surface area (Å²) in [5.74, 6) is 0.921. The van der Waals surface area contributed by atoms with Crippen molar-refractivity contribution in [2.75, 3.05) is 37.7 Å². The Kier molecular flexibility index (Phi) is 6.71. The third-order valence-electron chi connectivity index (χ3n) is 4.25. The first kappa shape index (κ1) is 18.9. The average molecular weight is 395 g/mol. The molecule has 8 heteroatoms. The van der Waals surface area contributed by atoms with Crippen LogP contribution in [0.3, 0.4) is 0 Å². The normalized spacial score (nSPS) is 14.3. The first-order chi connectivity index (χ1) is 12.7. The highest BCUT2D eigenvalue weighted by Crippen LogP contribution is 2.23. The van der Waals surface area contributed by atoms with E-state index in [1.54, 1.807) is 11.1 Å². The standard InChI is InChI=1S/C18H23ClN4O2S/c1-2-22(13-15-5-6-16(19)26-15)18(24)21-12-14-4-3-7-20-17(14)23-8-10-25-11-9-23/h3-7H,2,8-13H2,1H3,(H,21,24). The summed E-state index contributed by atoms with van der Waals surface area (Å²) in [4.78, 5) is 22.1. The Morgan fingerprint density at radius 3 is 2.88 bits per heavy atom. The largest absolute Gasteiger partial charge is 0.378 e. The van der Waals surface area contributed by atoms with Gasteiger partial charge in [0, 0.05) is 42.8 Å². The molecule has 1 aliphatic rings. The topological polar surface area (TPSA) is 57.7 Å². The number of carbonyl (C=O) groups excluding carboxylic acids is 1. The summed E-state index contributed by atoms with van der Waals surface area (Å²) >= 11 is 7.48. The summed E-state index contributed by atoms with van der Waals surface area (Å²) in [5, 5.41) is 3.02. The van der Waals surface area contributed by atoms with Gasteiger partial charge in [-0.15, -0.1) is 11.3 Å². The lowest BCUT2D eigenvalue weighted by Crippen LogP contribution is -2.40. The van der Waals surface area contributed by atoms with Crippen molar-refractivity contribution in [3.05, 3.63) is 45.2 Å². The molecule has 26 heavy (non-hydrogen) atoms. The van der Waals surface area contributed by atoms with E-state index in [4.69, 9.17) is 16.3 Å². The first-order valence-corrected chi connectivity index (χ1v) is 9.90. The van der Waals surface area contributed by atoms with E-state index in [1.165, 1.54) is 11.3 Å². The average Bonchev–Trinajstić information content (AvgIpc) is 3.10. The van der Waals surface area contributed by atoms with Gasteiger partial charge in [-0.3, -0.25) is 0 Å². The van der Waals surface area contributed by atoms with Gasteiger partial charge in [0.2, 0.25) is 0 Å².